The van der Waals surface area contributed by atoms with Crippen LogP contribution in [-0.2, 0) is 16.0 Å². The van der Waals surface area contributed by atoms with Crippen molar-refractivity contribution >= 4 is 40.4 Å². The van der Waals surface area contributed by atoms with Crippen molar-refractivity contribution in [3.05, 3.63) is 42.0 Å². The molecule has 9 heteroatoms. The molecule has 0 spiro atoms. The molecule has 196 valence electrons. The molecule has 0 saturated heterocycles. The van der Waals surface area contributed by atoms with E-state index in [-0.39, 0.29) is 24.1 Å². The standard InChI is InChI=1S/C28H34N4O5/c1-17-5-14-22-23(31(17)28(35)37-4)15-16-24-25(22)29-27(30(2)19-10-12-21(36-3)13-11-19)32(24)20-8-6-18(7-9-20)26(33)34/h10-13,15-18,20H,5-9,14H2,1-4H3,(H,33,34)/t17-,18-,20-/m0/s1. The van der Waals surface area contributed by atoms with Crippen LogP contribution in [0.25, 0.3) is 11.0 Å². The number of nitrogens with zero attached hydrogens (tertiary/aromatic N) is 4. The van der Waals surface area contributed by atoms with Crippen LogP contribution in [0.5, 0.6) is 5.75 Å². The molecule has 37 heavy (non-hydrogen) atoms. The summed E-state index contributed by atoms with van der Waals surface area (Å²) < 4.78 is 12.7. The quantitative estimate of drug-likeness (QED) is 0.485. The molecule has 1 amide bonds. The second kappa shape index (κ2) is 9.95. The number of imidazole rings is 1. The van der Waals surface area contributed by atoms with E-state index < -0.39 is 5.97 Å². The van der Waals surface area contributed by atoms with Gasteiger partial charge in [0.2, 0.25) is 5.95 Å². The maximum Gasteiger partial charge on any atom is 0.414 e. The van der Waals surface area contributed by atoms with Gasteiger partial charge in [-0.05, 0) is 81.8 Å². The van der Waals surface area contributed by atoms with E-state index in [0.717, 1.165) is 65.4 Å². The van der Waals surface area contributed by atoms with Gasteiger partial charge in [-0.3, -0.25) is 9.69 Å². The van der Waals surface area contributed by atoms with Gasteiger partial charge in [0.1, 0.15) is 5.75 Å². The van der Waals surface area contributed by atoms with Gasteiger partial charge in [0, 0.05) is 30.4 Å². The molecule has 1 aliphatic heterocycles. The van der Waals surface area contributed by atoms with Crippen LogP contribution in [0.1, 0.15) is 50.6 Å². The Morgan fingerprint density at radius 3 is 2.35 bits per heavy atom. The lowest BCUT2D eigenvalue weighted by molar-refractivity contribution is -0.143. The summed E-state index contributed by atoms with van der Waals surface area (Å²) >= 11 is 0. The van der Waals surface area contributed by atoms with E-state index in [2.05, 4.69) is 9.47 Å². The number of carboxylic acids is 1. The number of rotatable bonds is 5. The Labute approximate surface area is 216 Å². The first-order valence-corrected chi connectivity index (χ1v) is 12.9. The molecule has 0 unspecified atom stereocenters. The third-order valence-electron chi connectivity index (χ3n) is 7.98. The van der Waals surface area contributed by atoms with Crippen molar-refractivity contribution in [2.45, 2.75) is 57.5 Å². The molecule has 1 aromatic heterocycles. The SMILES string of the molecule is COC(=O)N1c2ccc3c(nc(N(C)c4ccc(OC)cc4)n3[C@H]3CC[C@H](C(=O)O)CC3)c2CC[C@@H]1C. The van der Waals surface area contributed by atoms with Crippen LogP contribution in [0.2, 0.25) is 0 Å². The van der Waals surface area contributed by atoms with Gasteiger partial charge < -0.3 is 24.0 Å². The first-order chi connectivity index (χ1) is 17.8. The number of carboxylic acid groups (broad SMARTS) is 1. The van der Waals surface area contributed by atoms with Gasteiger partial charge in [-0.15, -0.1) is 0 Å². The predicted octanol–water partition coefficient (Wildman–Crippen LogP) is 5.54. The van der Waals surface area contributed by atoms with Crippen LogP contribution in [0.4, 0.5) is 22.1 Å². The summed E-state index contributed by atoms with van der Waals surface area (Å²) in [6.45, 7) is 2.03. The number of carbonyl (C=O) groups excluding carboxylic acids is 1. The van der Waals surface area contributed by atoms with Gasteiger partial charge in [0.05, 0.1) is 36.9 Å². The molecule has 2 heterocycles. The van der Waals surface area contributed by atoms with Crippen molar-refractivity contribution in [2.24, 2.45) is 5.92 Å². The van der Waals surface area contributed by atoms with Crippen molar-refractivity contribution < 1.29 is 24.2 Å². The summed E-state index contributed by atoms with van der Waals surface area (Å²) in [5, 5.41) is 9.52. The maximum absolute atomic E-state index is 12.6. The second-order valence-corrected chi connectivity index (χ2v) is 10.0. The third-order valence-corrected chi connectivity index (χ3v) is 7.98. The predicted molar refractivity (Wildman–Crippen MR) is 142 cm³/mol. The van der Waals surface area contributed by atoms with Crippen LogP contribution in [0.3, 0.4) is 0 Å². The van der Waals surface area contributed by atoms with E-state index >= 15 is 0 Å². The number of carbonyl (C=O) groups is 2. The highest BCUT2D eigenvalue weighted by Gasteiger charge is 2.34. The van der Waals surface area contributed by atoms with E-state index in [1.54, 1.807) is 12.0 Å². The number of aryl methyl sites for hydroxylation is 1. The molecule has 0 radical (unpaired) electrons. The van der Waals surface area contributed by atoms with Gasteiger partial charge >= 0.3 is 12.1 Å². The molecule has 1 atom stereocenters. The summed E-state index contributed by atoms with van der Waals surface area (Å²) in [6, 6.07) is 12.1. The Morgan fingerprint density at radius 1 is 1.03 bits per heavy atom. The molecule has 9 nitrogen and oxygen atoms in total. The molecule has 1 fully saturated rings. The largest absolute Gasteiger partial charge is 0.497 e. The highest BCUT2D eigenvalue weighted by molar-refractivity contribution is 5.96. The average Bonchev–Trinajstić information content (AvgIpc) is 3.32. The number of benzene rings is 2. The minimum atomic E-state index is -0.712. The van der Waals surface area contributed by atoms with Gasteiger partial charge in [0.15, 0.2) is 0 Å². The van der Waals surface area contributed by atoms with Crippen molar-refractivity contribution in [3.63, 3.8) is 0 Å². The molecule has 3 aromatic rings. The van der Waals surface area contributed by atoms with Crippen molar-refractivity contribution in [2.75, 3.05) is 31.1 Å². The zero-order valence-corrected chi connectivity index (χ0v) is 21.8. The Hall–Kier alpha value is -3.75. The van der Waals surface area contributed by atoms with Crippen LogP contribution in [0, 0.1) is 5.92 Å². The Kier molecular flexibility index (Phi) is 6.70. The number of hydrogen-bond donors (Lipinski definition) is 1. The van der Waals surface area contributed by atoms with E-state index in [4.69, 9.17) is 14.5 Å². The monoisotopic (exact) mass is 506 g/mol. The zero-order valence-electron chi connectivity index (χ0n) is 21.8. The van der Waals surface area contributed by atoms with Gasteiger partial charge in [-0.1, -0.05) is 0 Å². The smallest absolute Gasteiger partial charge is 0.414 e. The summed E-state index contributed by atoms with van der Waals surface area (Å²) in [4.78, 5) is 33.2. The number of methoxy groups -OCH3 is 2. The van der Waals surface area contributed by atoms with E-state index in [0.29, 0.717) is 12.8 Å². The van der Waals surface area contributed by atoms with Crippen molar-refractivity contribution in [1.29, 1.82) is 0 Å². The summed E-state index contributed by atoms with van der Waals surface area (Å²) in [7, 11) is 5.05. The molecule has 1 aliphatic carbocycles. The average molecular weight is 507 g/mol. The number of hydrogen-bond acceptors (Lipinski definition) is 6. The molecular formula is C28H34N4O5. The number of anilines is 3. The highest BCUT2D eigenvalue weighted by atomic mass is 16.5. The van der Waals surface area contributed by atoms with Crippen LogP contribution >= 0.6 is 0 Å². The number of aromatic nitrogens is 2. The molecular weight excluding hydrogens is 472 g/mol. The van der Waals surface area contributed by atoms with E-state index in [1.807, 2.05) is 50.4 Å². The van der Waals surface area contributed by atoms with Gasteiger partial charge in [0.25, 0.3) is 0 Å². The molecule has 5 rings (SSSR count). The zero-order chi connectivity index (χ0) is 26.3. The Morgan fingerprint density at radius 2 is 1.73 bits per heavy atom. The normalized spacial score (nSPS) is 21.4. The summed E-state index contributed by atoms with van der Waals surface area (Å²) in [5.41, 5.74) is 4.75. The third kappa shape index (κ3) is 4.36. The summed E-state index contributed by atoms with van der Waals surface area (Å²) in [6.07, 6.45) is 4.10. The van der Waals surface area contributed by atoms with Crippen LogP contribution in [-0.4, -0.2) is 54.0 Å². The number of ether oxygens (including phenoxy) is 2. The minimum Gasteiger partial charge on any atom is -0.497 e. The molecule has 2 aliphatic rings. The van der Waals surface area contributed by atoms with Gasteiger partial charge in [-0.25, -0.2) is 9.78 Å². The van der Waals surface area contributed by atoms with Crippen molar-refractivity contribution in [3.8, 4) is 5.75 Å². The number of aliphatic carboxylic acids is 1. The lowest BCUT2D eigenvalue weighted by atomic mass is 9.86. The number of amides is 1. The molecule has 1 saturated carbocycles. The maximum atomic E-state index is 12.6. The number of fused-ring (bicyclic) bond motifs is 3. The van der Waals surface area contributed by atoms with E-state index in [1.165, 1.54) is 7.11 Å². The van der Waals surface area contributed by atoms with Crippen LogP contribution in [0.15, 0.2) is 36.4 Å². The first-order valence-electron chi connectivity index (χ1n) is 12.9. The molecule has 1 N–H and O–H groups in total. The molecule has 0 bridgehead atoms. The Balaban J connectivity index is 1.64. The minimum absolute atomic E-state index is 0.0345. The van der Waals surface area contributed by atoms with Crippen molar-refractivity contribution in [1.82, 2.24) is 9.55 Å². The van der Waals surface area contributed by atoms with E-state index in [9.17, 15) is 14.7 Å². The first kappa shape index (κ1) is 24.9. The lowest BCUT2D eigenvalue weighted by Crippen LogP contribution is -2.42. The van der Waals surface area contributed by atoms with Gasteiger partial charge in [-0.2, -0.15) is 0 Å². The highest BCUT2D eigenvalue weighted by Crippen LogP contribution is 2.43. The molecule has 2 aromatic carbocycles. The van der Waals surface area contributed by atoms with Crippen LogP contribution < -0.4 is 14.5 Å². The fourth-order valence-electron chi connectivity index (χ4n) is 5.86. The topological polar surface area (TPSA) is 97.1 Å². The fourth-order valence-corrected chi connectivity index (χ4v) is 5.86. The fraction of sp³-hybridized carbons (Fsp3) is 0.464. The lowest BCUT2D eigenvalue weighted by Gasteiger charge is -2.34. The second-order valence-electron chi connectivity index (χ2n) is 10.0. The summed E-state index contributed by atoms with van der Waals surface area (Å²) in [5.74, 6) is 0.576. The Bertz CT molecular complexity index is 1310.